The van der Waals surface area contributed by atoms with Gasteiger partial charge in [-0.2, -0.15) is 13.2 Å². The number of aromatic nitrogens is 2. The molecule has 3 heterocycles. The maximum Gasteiger partial charge on any atom is 0.416 e. The number of amides is 1. The minimum Gasteiger partial charge on any atom is -0.322 e. The van der Waals surface area contributed by atoms with Gasteiger partial charge in [0.1, 0.15) is 11.3 Å². The van der Waals surface area contributed by atoms with Gasteiger partial charge in [-0.1, -0.05) is 24.1 Å². The average molecular weight is 518 g/mol. The zero-order valence-electron chi connectivity index (χ0n) is 20.8. The minimum atomic E-state index is -4.53. The second-order valence-electron chi connectivity index (χ2n) is 9.31. The highest BCUT2D eigenvalue weighted by Gasteiger charge is 2.34. The van der Waals surface area contributed by atoms with Gasteiger partial charge in [-0.25, -0.2) is 4.98 Å². The third-order valence-corrected chi connectivity index (χ3v) is 6.54. The number of fused-ring (bicyclic) bond motifs is 1. The Morgan fingerprint density at radius 2 is 1.82 bits per heavy atom. The summed E-state index contributed by atoms with van der Waals surface area (Å²) in [7, 11) is 2.00. The normalized spacial score (nSPS) is 14.7. The number of piperazine rings is 1. The van der Waals surface area contributed by atoms with Gasteiger partial charge < -0.3 is 10.2 Å². The average Bonchev–Trinajstić information content (AvgIpc) is 3.32. The molecular formula is C29H26F3N5O. The lowest BCUT2D eigenvalue weighted by molar-refractivity contribution is -0.138. The van der Waals surface area contributed by atoms with Crippen LogP contribution < -0.4 is 5.32 Å². The second-order valence-corrected chi connectivity index (χ2v) is 9.31. The molecule has 1 amide bonds. The summed E-state index contributed by atoms with van der Waals surface area (Å²) in [5.74, 6) is 5.57. The van der Waals surface area contributed by atoms with E-state index in [1.807, 2.05) is 40.7 Å². The summed E-state index contributed by atoms with van der Waals surface area (Å²) in [6.07, 6.45) is -0.998. The number of nitrogens with one attached hydrogen (secondary N) is 1. The van der Waals surface area contributed by atoms with Crippen LogP contribution in [0.25, 0.3) is 5.65 Å². The van der Waals surface area contributed by atoms with Crippen LogP contribution in [0.3, 0.4) is 0 Å². The first-order valence-electron chi connectivity index (χ1n) is 12.2. The fourth-order valence-corrected chi connectivity index (χ4v) is 4.41. The molecule has 0 spiro atoms. The number of alkyl halides is 3. The van der Waals surface area contributed by atoms with E-state index in [0.717, 1.165) is 24.8 Å². The van der Waals surface area contributed by atoms with Gasteiger partial charge in [-0.3, -0.25) is 14.1 Å². The van der Waals surface area contributed by atoms with E-state index in [-0.39, 0.29) is 17.8 Å². The molecule has 0 atom stereocenters. The summed E-state index contributed by atoms with van der Waals surface area (Å²) >= 11 is 0. The Morgan fingerprint density at radius 1 is 1.00 bits per heavy atom. The Kier molecular flexibility index (Phi) is 7.18. The van der Waals surface area contributed by atoms with Gasteiger partial charge in [0.05, 0.1) is 11.8 Å². The molecule has 5 rings (SSSR count). The molecule has 0 saturated carbocycles. The van der Waals surface area contributed by atoms with Crippen LogP contribution in [0.2, 0.25) is 0 Å². The number of benzene rings is 2. The van der Waals surface area contributed by atoms with Crippen molar-refractivity contribution in [2.24, 2.45) is 0 Å². The first kappa shape index (κ1) is 25.5. The molecule has 2 aromatic heterocycles. The van der Waals surface area contributed by atoms with Gasteiger partial charge in [0.2, 0.25) is 0 Å². The molecule has 0 aliphatic carbocycles. The van der Waals surface area contributed by atoms with Crippen LogP contribution in [0.5, 0.6) is 0 Å². The van der Waals surface area contributed by atoms with E-state index >= 15 is 0 Å². The number of halogens is 3. The zero-order valence-corrected chi connectivity index (χ0v) is 20.8. The Balaban J connectivity index is 1.32. The van der Waals surface area contributed by atoms with Crippen molar-refractivity contribution in [3.63, 3.8) is 0 Å². The molecule has 1 aliphatic rings. The number of hydrogen-bond donors (Lipinski definition) is 1. The van der Waals surface area contributed by atoms with E-state index in [9.17, 15) is 18.0 Å². The summed E-state index contributed by atoms with van der Waals surface area (Å²) < 4.78 is 43.5. The number of pyridine rings is 1. The Labute approximate surface area is 218 Å². The van der Waals surface area contributed by atoms with Crippen LogP contribution in [-0.2, 0) is 12.7 Å². The quantitative estimate of drug-likeness (QED) is 0.397. The van der Waals surface area contributed by atoms with E-state index in [1.165, 1.54) is 12.1 Å². The fraction of sp³-hybridized carbons (Fsp3) is 0.241. The highest BCUT2D eigenvalue weighted by Crippen LogP contribution is 2.34. The van der Waals surface area contributed by atoms with E-state index in [1.54, 1.807) is 30.5 Å². The molecule has 0 bridgehead atoms. The van der Waals surface area contributed by atoms with Gasteiger partial charge in [-0.05, 0) is 61.0 Å². The summed E-state index contributed by atoms with van der Waals surface area (Å²) in [6, 6.07) is 16.3. The predicted molar refractivity (Wildman–Crippen MR) is 140 cm³/mol. The molecule has 4 aromatic rings. The number of nitrogens with zero attached hydrogens (tertiary/aromatic N) is 4. The van der Waals surface area contributed by atoms with Crippen molar-refractivity contribution < 1.29 is 18.0 Å². The Hall–Kier alpha value is -4.13. The molecular weight excluding hydrogens is 491 g/mol. The number of imidazole rings is 1. The van der Waals surface area contributed by atoms with Crippen molar-refractivity contribution in [1.29, 1.82) is 0 Å². The maximum absolute atomic E-state index is 13.9. The highest BCUT2D eigenvalue weighted by molar-refractivity contribution is 6.04. The summed E-state index contributed by atoms with van der Waals surface area (Å²) in [5, 5.41) is 2.61. The molecule has 0 radical (unpaired) electrons. The standard InChI is InChI=1S/C29H26F3N5O/c1-35-13-15-36(16-14-35)20-23-9-10-24(18-26(23)29(30,31)32)34-28(38)22-6-4-5-21(17-22)8-11-25-19-33-27-7-2-3-12-37(25)27/h2-7,9-10,12,17-19H,13-16,20H2,1H3,(H,34,38). The Bertz CT molecular complexity index is 1520. The lowest BCUT2D eigenvalue weighted by Crippen LogP contribution is -2.44. The third-order valence-electron chi connectivity index (χ3n) is 6.54. The second kappa shape index (κ2) is 10.7. The molecule has 1 aliphatic heterocycles. The molecule has 2 aromatic carbocycles. The minimum absolute atomic E-state index is 0.0895. The number of likely N-dealkylation sites (N-methyl/N-ethyl adjacent to an activating group) is 1. The van der Waals surface area contributed by atoms with Crippen LogP contribution in [0, 0.1) is 11.8 Å². The highest BCUT2D eigenvalue weighted by atomic mass is 19.4. The SMILES string of the molecule is CN1CCN(Cc2ccc(NC(=O)c3cccc(C#Cc4cnc5ccccn45)c3)cc2C(F)(F)F)CC1. The smallest absolute Gasteiger partial charge is 0.322 e. The van der Waals surface area contributed by atoms with E-state index in [2.05, 4.69) is 27.0 Å². The van der Waals surface area contributed by atoms with Gasteiger partial charge in [0.25, 0.3) is 5.91 Å². The van der Waals surface area contributed by atoms with E-state index in [4.69, 9.17) is 0 Å². The van der Waals surface area contributed by atoms with Crippen LogP contribution >= 0.6 is 0 Å². The van der Waals surface area contributed by atoms with Gasteiger partial charge in [-0.15, -0.1) is 0 Å². The first-order chi connectivity index (χ1) is 18.3. The molecule has 9 heteroatoms. The van der Waals surface area contributed by atoms with Crippen molar-refractivity contribution in [2.75, 3.05) is 38.5 Å². The zero-order chi connectivity index (χ0) is 26.7. The molecule has 194 valence electrons. The van der Waals surface area contributed by atoms with Crippen molar-refractivity contribution in [3.05, 3.63) is 101 Å². The van der Waals surface area contributed by atoms with E-state index < -0.39 is 17.6 Å². The van der Waals surface area contributed by atoms with Crippen molar-refractivity contribution in [2.45, 2.75) is 12.7 Å². The van der Waals surface area contributed by atoms with Gasteiger partial charge in [0, 0.05) is 55.7 Å². The molecule has 38 heavy (non-hydrogen) atoms. The van der Waals surface area contributed by atoms with Crippen molar-refractivity contribution in [3.8, 4) is 11.8 Å². The Morgan fingerprint density at radius 3 is 2.61 bits per heavy atom. The van der Waals surface area contributed by atoms with Crippen LogP contribution in [0.1, 0.15) is 32.7 Å². The molecule has 0 unspecified atom stereocenters. The van der Waals surface area contributed by atoms with Crippen molar-refractivity contribution in [1.82, 2.24) is 19.2 Å². The largest absolute Gasteiger partial charge is 0.416 e. The van der Waals surface area contributed by atoms with Gasteiger partial charge >= 0.3 is 6.18 Å². The molecule has 1 saturated heterocycles. The maximum atomic E-state index is 13.9. The number of carbonyl (C=O) groups excluding carboxylic acids is 1. The molecule has 1 fully saturated rings. The summed E-state index contributed by atoms with van der Waals surface area (Å²) in [6.45, 7) is 3.27. The monoisotopic (exact) mass is 517 g/mol. The third kappa shape index (κ3) is 5.88. The summed E-state index contributed by atoms with van der Waals surface area (Å²) in [4.78, 5) is 21.4. The summed E-state index contributed by atoms with van der Waals surface area (Å²) in [5.41, 5.74) is 1.93. The lowest BCUT2D eigenvalue weighted by Gasteiger charge is -2.33. The lowest BCUT2D eigenvalue weighted by atomic mass is 10.0. The number of anilines is 1. The van der Waals surface area contributed by atoms with Crippen LogP contribution in [0.15, 0.2) is 73.1 Å². The topological polar surface area (TPSA) is 52.9 Å². The van der Waals surface area contributed by atoms with Crippen LogP contribution in [-0.4, -0.2) is 58.3 Å². The van der Waals surface area contributed by atoms with Crippen LogP contribution in [0.4, 0.5) is 18.9 Å². The number of hydrogen-bond acceptors (Lipinski definition) is 4. The molecule has 1 N–H and O–H groups in total. The predicted octanol–water partition coefficient (Wildman–Crippen LogP) is 4.75. The van der Waals surface area contributed by atoms with E-state index in [0.29, 0.717) is 29.9 Å². The van der Waals surface area contributed by atoms with Crippen molar-refractivity contribution >= 4 is 17.2 Å². The first-order valence-corrected chi connectivity index (χ1v) is 12.2. The van der Waals surface area contributed by atoms with Gasteiger partial charge in [0.15, 0.2) is 0 Å². The molecule has 6 nitrogen and oxygen atoms in total. The number of carbonyl (C=O) groups is 1. The fourth-order valence-electron chi connectivity index (χ4n) is 4.41. The number of rotatable bonds is 4.